The normalized spacial score (nSPS) is 20.8. The zero-order valence-corrected chi connectivity index (χ0v) is 15.8. The van der Waals surface area contributed by atoms with Crippen LogP contribution in [0.5, 0.6) is 0 Å². The van der Waals surface area contributed by atoms with Crippen LogP contribution in [-0.2, 0) is 4.79 Å². The zero-order chi connectivity index (χ0) is 18.9. The lowest BCUT2D eigenvalue weighted by Crippen LogP contribution is -2.42. The van der Waals surface area contributed by atoms with E-state index in [1.165, 1.54) is 5.56 Å². The highest BCUT2D eigenvalue weighted by Gasteiger charge is 2.35. The van der Waals surface area contributed by atoms with E-state index in [-0.39, 0.29) is 12.0 Å². The van der Waals surface area contributed by atoms with Gasteiger partial charge in [0, 0.05) is 25.6 Å². The first-order valence-electron chi connectivity index (χ1n) is 10.1. The Hall–Kier alpha value is -2.96. The van der Waals surface area contributed by atoms with E-state index in [0.717, 1.165) is 56.8 Å². The number of anilines is 1. The molecule has 0 radical (unpaired) electrons. The quantitative estimate of drug-likeness (QED) is 0.703. The summed E-state index contributed by atoms with van der Waals surface area (Å²) < 4.78 is 1.70. The predicted octanol–water partition coefficient (Wildman–Crippen LogP) is 2.70. The number of rotatable bonds is 3. The van der Waals surface area contributed by atoms with Gasteiger partial charge in [-0.15, -0.1) is 15.3 Å². The molecule has 3 aromatic rings. The molecule has 5 rings (SSSR count). The lowest BCUT2D eigenvalue weighted by molar-refractivity contribution is -0.137. The summed E-state index contributed by atoms with van der Waals surface area (Å²) in [5, 5.41) is 12.5. The Labute approximate surface area is 164 Å². The molecule has 144 valence electrons. The molecule has 2 saturated heterocycles. The average molecular weight is 376 g/mol. The van der Waals surface area contributed by atoms with E-state index in [1.807, 2.05) is 18.2 Å². The van der Waals surface area contributed by atoms with Gasteiger partial charge in [0.05, 0.1) is 6.04 Å². The smallest absolute Gasteiger partial charge is 0.226 e. The number of carbonyl (C=O) groups excluding carboxylic acids is 1. The van der Waals surface area contributed by atoms with Crippen LogP contribution < -0.4 is 4.90 Å². The van der Waals surface area contributed by atoms with E-state index in [4.69, 9.17) is 0 Å². The van der Waals surface area contributed by atoms with Crippen molar-refractivity contribution >= 4 is 17.4 Å². The molecule has 1 amide bonds. The largest absolute Gasteiger partial charge is 0.355 e. The molecule has 0 saturated carbocycles. The van der Waals surface area contributed by atoms with Crippen LogP contribution in [0.2, 0.25) is 0 Å². The van der Waals surface area contributed by atoms with Crippen molar-refractivity contribution in [1.29, 1.82) is 0 Å². The molecule has 0 N–H and O–H groups in total. The first-order chi connectivity index (χ1) is 13.8. The second-order valence-electron chi connectivity index (χ2n) is 7.69. The third-order valence-corrected chi connectivity index (χ3v) is 6.04. The van der Waals surface area contributed by atoms with Crippen LogP contribution in [0.25, 0.3) is 5.65 Å². The van der Waals surface area contributed by atoms with E-state index >= 15 is 0 Å². The van der Waals surface area contributed by atoms with E-state index in [9.17, 15) is 4.79 Å². The third-order valence-electron chi connectivity index (χ3n) is 6.04. The molecule has 4 heterocycles. The van der Waals surface area contributed by atoms with Crippen molar-refractivity contribution in [2.24, 2.45) is 5.92 Å². The van der Waals surface area contributed by atoms with Crippen molar-refractivity contribution < 1.29 is 4.79 Å². The number of benzene rings is 1. The second-order valence-corrected chi connectivity index (χ2v) is 7.69. The first-order valence-corrected chi connectivity index (χ1v) is 10.1. The topological polar surface area (TPSA) is 66.6 Å². The van der Waals surface area contributed by atoms with Gasteiger partial charge in [-0.1, -0.05) is 30.3 Å². The summed E-state index contributed by atoms with van der Waals surface area (Å²) in [5.74, 6) is 1.36. The zero-order valence-electron chi connectivity index (χ0n) is 15.8. The Morgan fingerprint density at radius 3 is 2.61 bits per heavy atom. The fourth-order valence-electron chi connectivity index (χ4n) is 4.53. The van der Waals surface area contributed by atoms with Gasteiger partial charge < -0.3 is 9.80 Å². The lowest BCUT2D eigenvalue weighted by Gasteiger charge is -2.35. The Balaban J connectivity index is 1.25. The summed E-state index contributed by atoms with van der Waals surface area (Å²) in [4.78, 5) is 17.6. The standard InChI is InChI=1S/C21H24N6O/c28-21(26-12-4-7-18(26)16-5-2-1-3-6-16)17-10-13-25(14-11-17)20-9-8-19-23-22-15-27(19)24-20/h1-3,5-6,8-9,15,17-18H,4,7,10-14H2. The molecule has 0 bridgehead atoms. The summed E-state index contributed by atoms with van der Waals surface area (Å²) >= 11 is 0. The minimum absolute atomic E-state index is 0.110. The molecule has 0 spiro atoms. The predicted molar refractivity (Wildman–Crippen MR) is 106 cm³/mol. The van der Waals surface area contributed by atoms with Crippen LogP contribution in [0.1, 0.15) is 37.3 Å². The fraction of sp³-hybridized carbons (Fsp3) is 0.429. The number of fused-ring (bicyclic) bond motifs is 1. The number of nitrogens with zero attached hydrogens (tertiary/aromatic N) is 6. The maximum atomic E-state index is 13.2. The molecule has 2 aromatic heterocycles. The molecule has 2 aliphatic heterocycles. The maximum Gasteiger partial charge on any atom is 0.226 e. The van der Waals surface area contributed by atoms with Crippen LogP contribution in [-0.4, -0.2) is 50.3 Å². The summed E-state index contributed by atoms with van der Waals surface area (Å²) in [6.45, 7) is 2.58. The van der Waals surface area contributed by atoms with Gasteiger partial charge in [0.25, 0.3) is 0 Å². The van der Waals surface area contributed by atoms with Crippen LogP contribution in [0.15, 0.2) is 48.8 Å². The van der Waals surface area contributed by atoms with Crippen LogP contribution in [0, 0.1) is 5.92 Å². The molecule has 7 heteroatoms. The molecule has 0 aliphatic carbocycles. The van der Waals surface area contributed by atoms with Gasteiger partial charge in [0.2, 0.25) is 5.91 Å². The minimum atomic E-state index is 0.110. The number of carbonyl (C=O) groups is 1. The van der Waals surface area contributed by atoms with Crippen molar-refractivity contribution in [3.05, 3.63) is 54.4 Å². The average Bonchev–Trinajstić information content (AvgIpc) is 3.43. The number of amides is 1. The van der Waals surface area contributed by atoms with Gasteiger partial charge in [-0.3, -0.25) is 4.79 Å². The van der Waals surface area contributed by atoms with E-state index in [0.29, 0.717) is 5.91 Å². The Morgan fingerprint density at radius 1 is 0.964 bits per heavy atom. The number of hydrogen-bond acceptors (Lipinski definition) is 5. The van der Waals surface area contributed by atoms with E-state index < -0.39 is 0 Å². The number of piperidine rings is 1. The lowest BCUT2D eigenvalue weighted by atomic mass is 9.94. The van der Waals surface area contributed by atoms with Crippen LogP contribution in [0.3, 0.4) is 0 Å². The Morgan fingerprint density at radius 2 is 1.79 bits per heavy atom. The van der Waals surface area contributed by atoms with Gasteiger partial charge in [-0.05, 0) is 43.4 Å². The van der Waals surface area contributed by atoms with Crippen molar-refractivity contribution in [2.45, 2.75) is 31.7 Å². The molecule has 28 heavy (non-hydrogen) atoms. The van der Waals surface area contributed by atoms with Crippen molar-refractivity contribution in [1.82, 2.24) is 24.7 Å². The molecule has 7 nitrogen and oxygen atoms in total. The van der Waals surface area contributed by atoms with Gasteiger partial charge in [0.15, 0.2) is 5.65 Å². The fourth-order valence-corrected chi connectivity index (χ4v) is 4.53. The molecule has 1 atom stereocenters. The summed E-state index contributed by atoms with van der Waals surface area (Å²) in [5.41, 5.74) is 2.01. The Kier molecular flexibility index (Phi) is 4.43. The SMILES string of the molecule is O=C(C1CCN(c2ccc3nncn3n2)CC1)N1CCCC1c1ccccc1. The van der Waals surface area contributed by atoms with Crippen molar-refractivity contribution in [3.8, 4) is 0 Å². The second kappa shape index (κ2) is 7.22. The minimum Gasteiger partial charge on any atom is -0.355 e. The number of hydrogen-bond donors (Lipinski definition) is 0. The Bertz CT molecular complexity index is 963. The molecule has 2 aliphatic rings. The van der Waals surface area contributed by atoms with E-state index in [1.54, 1.807) is 10.8 Å². The summed E-state index contributed by atoms with van der Waals surface area (Å²) in [6.07, 6.45) is 5.52. The summed E-state index contributed by atoms with van der Waals surface area (Å²) in [6, 6.07) is 14.6. The number of aromatic nitrogens is 4. The van der Waals surface area contributed by atoms with Crippen LogP contribution in [0.4, 0.5) is 5.82 Å². The molecule has 2 fully saturated rings. The van der Waals surface area contributed by atoms with E-state index in [2.05, 4.69) is 49.4 Å². The van der Waals surface area contributed by atoms with Gasteiger partial charge in [0.1, 0.15) is 12.1 Å². The molecule has 1 aromatic carbocycles. The highest BCUT2D eigenvalue weighted by atomic mass is 16.2. The first kappa shape index (κ1) is 17.2. The molecule has 1 unspecified atom stereocenters. The van der Waals surface area contributed by atoms with Crippen molar-refractivity contribution in [3.63, 3.8) is 0 Å². The van der Waals surface area contributed by atoms with Crippen molar-refractivity contribution in [2.75, 3.05) is 24.5 Å². The monoisotopic (exact) mass is 376 g/mol. The maximum absolute atomic E-state index is 13.2. The molecular weight excluding hydrogens is 352 g/mol. The van der Waals surface area contributed by atoms with Gasteiger partial charge in [-0.25, -0.2) is 0 Å². The third kappa shape index (κ3) is 3.10. The number of likely N-dealkylation sites (tertiary alicyclic amines) is 1. The van der Waals surface area contributed by atoms with Crippen LogP contribution >= 0.6 is 0 Å². The highest BCUT2D eigenvalue weighted by Crippen LogP contribution is 2.34. The highest BCUT2D eigenvalue weighted by molar-refractivity contribution is 5.80. The van der Waals surface area contributed by atoms with Gasteiger partial charge >= 0.3 is 0 Å². The molecular formula is C21H24N6O. The summed E-state index contributed by atoms with van der Waals surface area (Å²) in [7, 11) is 0. The van der Waals surface area contributed by atoms with Gasteiger partial charge in [-0.2, -0.15) is 4.52 Å².